The highest BCUT2D eigenvalue weighted by Gasteiger charge is 2.07. The van der Waals surface area contributed by atoms with Gasteiger partial charge in [0.1, 0.15) is 12.3 Å². The number of amides is 1. The Balaban J connectivity index is 1.75. The molecular formula is C13H12BrFN2O2. The van der Waals surface area contributed by atoms with Gasteiger partial charge < -0.3 is 15.0 Å². The minimum atomic E-state index is -0.415. The Morgan fingerprint density at radius 2 is 2.21 bits per heavy atom. The maximum Gasteiger partial charge on any atom is 0.267 e. The van der Waals surface area contributed by atoms with Crippen LogP contribution in [0.2, 0.25) is 0 Å². The van der Waals surface area contributed by atoms with Crippen LogP contribution in [0, 0.1) is 5.82 Å². The summed E-state index contributed by atoms with van der Waals surface area (Å²) in [6, 6.07) is 7.82. The van der Waals surface area contributed by atoms with E-state index in [0.29, 0.717) is 12.2 Å². The molecule has 0 atom stereocenters. The first-order chi connectivity index (χ1) is 9.16. The molecule has 1 amide bonds. The fourth-order valence-electron chi connectivity index (χ4n) is 1.48. The summed E-state index contributed by atoms with van der Waals surface area (Å²) in [6.07, 6.45) is 1.67. The van der Waals surface area contributed by atoms with Gasteiger partial charge in [-0.1, -0.05) is 12.1 Å². The monoisotopic (exact) mass is 326 g/mol. The van der Waals surface area contributed by atoms with Crippen molar-refractivity contribution in [3.05, 3.63) is 52.5 Å². The molecule has 100 valence electrons. The average molecular weight is 327 g/mol. The Hall–Kier alpha value is -1.82. The summed E-state index contributed by atoms with van der Waals surface area (Å²) >= 11 is 3.24. The molecule has 0 unspecified atom stereocenters. The number of para-hydroxylation sites is 1. The van der Waals surface area contributed by atoms with Gasteiger partial charge in [-0.2, -0.15) is 0 Å². The number of aromatic nitrogens is 1. The molecule has 6 heteroatoms. The summed E-state index contributed by atoms with van der Waals surface area (Å²) in [7, 11) is 0. The molecule has 1 aromatic heterocycles. The first kappa shape index (κ1) is 13.6. The predicted octanol–water partition coefficient (Wildman–Crippen LogP) is 2.73. The molecule has 0 radical (unpaired) electrons. The lowest BCUT2D eigenvalue weighted by Gasteiger charge is -2.07. The molecule has 0 aliphatic heterocycles. The fraction of sp³-hybridized carbons (Fsp3) is 0.154. The van der Waals surface area contributed by atoms with E-state index in [4.69, 9.17) is 4.74 Å². The Morgan fingerprint density at radius 1 is 1.42 bits per heavy atom. The van der Waals surface area contributed by atoms with Crippen molar-refractivity contribution in [1.29, 1.82) is 0 Å². The lowest BCUT2D eigenvalue weighted by molar-refractivity contribution is 0.0942. The van der Waals surface area contributed by atoms with Crippen LogP contribution in [0.15, 0.2) is 41.0 Å². The lowest BCUT2D eigenvalue weighted by atomic mass is 10.3. The summed E-state index contributed by atoms with van der Waals surface area (Å²) in [5.74, 6) is -0.468. The van der Waals surface area contributed by atoms with Crippen molar-refractivity contribution in [1.82, 2.24) is 10.3 Å². The number of hydrogen-bond acceptors (Lipinski definition) is 2. The Kier molecular flexibility index (Phi) is 4.57. The zero-order chi connectivity index (χ0) is 13.7. The molecule has 0 aliphatic rings. The van der Waals surface area contributed by atoms with Crippen molar-refractivity contribution in [3.63, 3.8) is 0 Å². The smallest absolute Gasteiger partial charge is 0.267 e. The van der Waals surface area contributed by atoms with E-state index in [2.05, 4.69) is 26.2 Å². The number of nitrogens with one attached hydrogen (secondary N) is 2. The van der Waals surface area contributed by atoms with Crippen LogP contribution < -0.4 is 10.1 Å². The highest BCUT2D eigenvalue weighted by molar-refractivity contribution is 9.10. The summed E-state index contributed by atoms with van der Waals surface area (Å²) in [5.41, 5.74) is 0.456. The van der Waals surface area contributed by atoms with Crippen molar-refractivity contribution in [3.8, 4) is 5.75 Å². The summed E-state index contributed by atoms with van der Waals surface area (Å²) in [6.45, 7) is 0.498. The highest BCUT2D eigenvalue weighted by atomic mass is 79.9. The number of aromatic amines is 1. The number of rotatable bonds is 5. The second-order valence-electron chi connectivity index (χ2n) is 3.77. The molecule has 19 heavy (non-hydrogen) atoms. The standard InChI is InChI=1S/C13H12BrFN2O2/c14-9-7-11(17-8-9)13(18)16-5-6-19-12-4-2-1-3-10(12)15/h1-4,7-8,17H,5-6H2,(H,16,18). The normalized spacial score (nSPS) is 10.2. The van der Waals surface area contributed by atoms with Crippen molar-refractivity contribution >= 4 is 21.8 Å². The third-order valence-electron chi connectivity index (χ3n) is 2.37. The average Bonchev–Trinajstić information content (AvgIpc) is 2.83. The van der Waals surface area contributed by atoms with Crippen LogP contribution in [0.4, 0.5) is 4.39 Å². The third kappa shape index (κ3) is 3.82. The van der Waals surface area contributed by atoms with E-state index in [1.165, 1.54) is 6.07 Å². The van der Waals surface area contributed by atoms with Gasteiger partial charge in [0.15, 0.2) is 11.6 Å². The maximum absolute atomic E-state index is 13.2. The van der Waals surface area contributed by atoms with Crippen molar-refractivity contribution < 1.29 is 13.9 Å². The topological polar surface area (TPSA) is 54.1 Å². The quantitative estimate of drug-likeness (QED) is 0.830. The molecule has 0 aliphatic carbocycles. The van der Waals surface area contributed by atoms with Crippen LogP contribution >= 0.6 is 15.9 Å². The van der Waals surface area contributed by atoms with Crippen molar-refractivity contribution in [2.75, 3.05) is 13.2 Å². The Labute approximate surface area is 118 Å². The first-order valence-corrected chi connectivity index (χ1v) is 6.45. The van der Waals surface area contributed by atoms with Crippen LogP contribution in [0.3, 0.4) is 0 Å². The molecule has 1 aromatic carbocycles. The molecular weight excluding hydrogens is 315 g/mol. The number of carbonyl (C=O) groups is 1. The largest absolute Gasteiger partial charge is 0.489 e. The van der Waals surface area contributed by atoms with E-state index in [9.17, 15) is 9.18 Å². The molecule has 0 fully saturated rings. The third-order valence-corrected chi connectivity index (χ3v) is 2.83. The van der Waals surface area contributed by atoms with E-state index >= 15 is 0 Å². The van der Waals surface area contributed by atoms with Gasteiger partial charge in [-0.15, -0.1) is 0 Å². The van der Waals surface area contributed by atoms with Gasteiger partial charge in [0.25, 0.3) is 5.91 Å². The molecule has 2 rings (SSSR count). The fourth-order valence-corrected chi connectivity index (χ4v) is 1.82. The number of halogens is 2. The van der Waals surface area contributed by atoms with Gasteiger partial charge in [-0.05, 0) is 34.1 Å². The zero-order valence-corrected chi connectivity index (χ0v) is 11.5. The number of carbonyl (C=O) groups excluding carboxylic acids is 1. The van der Waals surface area contributed by atoms with E-state index in [-0.39, 0.29) is 18.3 Å². The predicted molar refractivity (Wildman–Crippen MR) is 72.7 cm³/mol. The SMILES string of the molecule is O=C(NCCOc1ccccc1F)c1cc(Br)c[nH]1. The molecule has 0 spiro atoms. The van der Waals surface area contributed by atoms with Gasteiger partial charge >= 0.3 is 0 Å². The second-order valence-corrected chi connectivity index (χ2v) is 4.68. The molecule has 4 nitrogen and oxygen atoms in total. The van der Waals surface area contributed by atoms with E-state index in [1.807, 2.05) is 0 Å². The molecule has 1 heterocycles. The number of hydrogen-bond donors (Lipinski definition) is 2. The molecule has 0 saturated carbocycles. The van der Waals surface area contributed by atoms with Gasteiger partial charge in [0.05, 0.1) is 6.54 Å². The number of ether oxygens (including phenoxy) is 1. The Bertz CT molecular complexity index is 571. The van der Waals surface area contributed by atoms with Gasteiger partial charge in [0.2, 0.25) is 0 Å². The molecule has 2 N–H and O–H groups in total. The van der Waals surface area contributed by atoms with Crippen LogP contribution in [-0.2, 0) is 0 Å². The van der Waals surface area contributed by atoms with Crippen molar-refractivity contribution in [2.24, 2.45) is 0 Å². The summed E-state index contributed by atoms with van der Waals surface area (Å²) in [4.78, 5) is 14.5. The van der Waals surface area contributed by atoms with Gasteiger partial charge in [-0.25, -0.2) is 4.39 Å². The highest BCUT2D eigenvalue weighted by Crippen LogP contribution is 2.14. The summed E-state index contributed by atoms with van der Waals surface area (Å²) < 4.78 is 19.2. The molecule has 0 bridgehead atoms. The van der Waals surface area contributed by atoms with E-state index < -0.39 is 5.82 Å². The van der Waals surface area contributed by atoms with E-state index in [0.717, 1.165) is 4.47 Å². The number of benzene rings is 1. The van der Waals surface area contributed by atoms with Gasteiger partial charge in [-0.3, -0.25) is 4.79 Å². The van der Waals surface area contributed by atoms with E-state index in [1.54, 1.807) is 30.5 Å². The first-order valence-electron chi connectivity index (χ1n) is 5.66. The minimum Gasteiger partial charge on any atom is -0.489 e. The van der Waals surface area contributed by atoms with Crippen LogP contribution in [0.1, 0.15) is 10.5 Å². The van der Waals surface area contributed by atoms with Crippen LogP contribution in [-0.4, -0.2) is 24.0 Å². The molecule has 2 aromatic rings. The summed E-state index contributed by atoms with van der Waals surface area (Å²) in [5, 5.41) is 2.66. The van der Waals surface area contributed by atoms with Crippen LogP contribution in [0.25, 0.3) is 0 Å². The molecule has 0 saturated heterocycles. The number of H-pyrrole nitrogens is 1. The Morgan fingerprint density at radius 3 is 2.89 bits per heavy atom. The second kappa shape index (κ2) is 6.38. The van der Waals surface area contributed by atoms with Crippen LogP contribution in [0.5, 0.6) is 5.75 Å². The maximum atomic E-state index is 13.2. The van der Waals surface area contributed by atoms with Crippen molar-refractivity contribution in [2.45, 2.75) is 0 Å². The minimum absolute atomic E-state index is 0.180. The zero-order valence-electron chi connectivity index (χ0n) is 9.95. The van der Waals surface area contributed by atoms with Gasteiger partial charge in [0, 0.05) is 10.7 Å². The lowest BCUT2D eigenvalue weighted by Crippen LogP contribution is -2.28.